The summed E-state index contributed by atoms with van der Waals surface area (Å²) in [6.07, 6.45) is 1.64. The third kappa shape index (κ3) is 5.73. The summed E-state index contributed by atoms with van der Waals surface area (Å²) in [5.74, 6) is -0.0932. The van der Waals surface area contributed by atoms with Crippen molar-refractivity contribution in [2.75, 3.05) is 6.61 Å². The molecule has 1 heterocycles. The average molecular weight is 497 g/mol. The van der Waals surface area contributed by atoms with E-state index in [9.17, 15) is 13.6 Å². The number of hydrogen-bond acceptors (Lipinski definition) is 4. The third-order valence-electron chi connectivity index (χ3n) is 5.68. The number of nitrogens with zero attached hydrogens (tertiary/aromatic N) is 2. The van der Waals surface area contributed by atoms with Crippen molar-refractivity contribution < 1.29 is 23.0 Å². The molecule has 7 heteroatoms. The van der Waals surface area contributed by atoms with Gasteiger partial charge in [-0.15, -0.1) is 0 Å². The second-order valence-corrected chi connectivity index (χ2v) is 8.18. The van der Waals surface area contributed by atoms with Crippen LogP contribution >= 0.6 is 0 Å². The molecule has 0 aliphatic rings. The van der Waals surface area contributed by atoms with Crippen LogP contribution in [-0.2, 0) is 11.3 Å². The van der Waals surface area contributed by atoms with Crippen LogP contribution in [0, 0.1) is 11.6 Å². The lowest BCUT2D eigenvalue weighted by Gasteiger charge is -2.12. The van der Waals surface area contributed by atoms with Crippen LogP contribution in [0.15, 0.2) is 103 Å². The molecule has 1 aromatic heterocycles. The molecule has 0 bridgehead atoms. The Labute approximate surface area is 212 Å². The van der Waals surface area contributed by atoms with Gasteiger partial charge in [-0.3, -0.25) is 0 Å². The molecule has 5 rings (SSSR count). The zero-order valence-corrected chi connectivity index (χ0v) is 19.7. The van der Waals surface area contributed by atoms with E-state index in [2.05, 4.69) is 0 Å². The maximum absolute atomic E-state index is 13.6. The fourth-order valence-electron chi connectivity index (χ4n) is 3.86. The van der Waals surface area contributed by atoms with Crippen LogP contribution in [0.4, 0.5) is 8.78 Å². The first-order valence-electron chi connectivity index (χ1n) is 11.7. The van der Waals surface area contributed by atoms with Crippen LogP contribution in [0.25, 0.3) is 22.9 Å². The molecule has 4 aromatic carbocycles. The Kier molecular flexibility index (Phi) is 7.03. The predicted molar refractivity (Wildman–Crippen MR) is 138 cm³/mol. The van der Waals surface area contributed by atoms with E-state index in [0.717, 1.165) is 16.8 Å². The quantitative estimate of drug-likeness (QED) is 0.176. The van der Waals surface area contributed by atoms with Gasteiger partial charge in [0.05, 0.1) is 23.1 Å². The summed E-state index contributed by atoms with van der Waals surface area (Å²) in [5, 5.41) is 0. The monoisotopic (exact) mass is 496 g/mol. The molecular formula is C30H22F2N2O3. The molecule has 0 fully saturated rings. The van der Waals surface area contributed by atoms with E-state index in [-0.39, 0.29) is 11.3 Å². The number of hydrogen-bond donors (Lipinski definition) is 0. The first-order valence-corrected chi connectivity index (χ1v) is 11.7. The van der Waals surface area contributed by atoms with E-state index in [1.165, 1.54) is 48.5 Å². The summed E-state index contributed by atoms with van der Waals surface area (Å²) in [4.78, 5) is 17.6. The highest BCUT2D eigenvalue weighted by Crippen LogP contribution is 2.25. The number of aromatic nitrogens is 2. The number of esters is 1. The summed E-state index contributed by atoms with van der Waals surface area (Å²) < 4.78 is 40.6. The second-order valence-electron chi connectivity index (χ2n) is 8.18. The Balaban J connectivity index is 1.51. The highest BCUT2D eigenvalue weighted by molar-refractivity contribution is 5.95. The Morgan fingerprint density at radius 3 is 2.11 bits per heavy atom. The zero-order valence-electron chi connectivity index (χ0n) is 19.7. The normalized spacial score (nSPS) is 11.5. The van der Waals surface area contributed by atoms with Crippen molar-refractivity contribution in [2.24, 2.45) is 0 Å². The highest BCUT2D eigenvalue weighted by Gasteiger charge is 2.16. The van der Waals surface area contributed by atoms with Crippen molar-refractivity contribution in [3.63, 3.8) is 0 Å². The number of para-hydroxylation sites is 3. The van der Waals surface area contributed by atoms with Crippen molar-refractivity contribution in [2.45, 2.75) is 6.54 Å². The van der Waals surface area contributed by atoms with E-state index < -0.39 is 17.6 Å². The maximum Gasteiger partial charge on any atom is 0.343 e. The molecular weight excluding hydrogens is 474 g/mol. The molecule has 0 N–H and O–H groups in total. The van der Waals surface area contributed by atoms with Gasteiger partial charge in [0.2, 0.25) is 0 Å². The lowest BCUT2D eigenvalue weighted by atomic mass is 10.1. The van der Waals surface area contributed by atoms with Crippen LogP contribution < -0.4 is 4.74 Å². The van der Waals surface area contributed by atoms with Gasteiger partial charge >= 0.3 is 5.97 Å². The van der Waals surface area contributed by atoms with Gasteiger partial charge in [0.25, 0.3) is 0 Å². The minimum atomic E-state index is -0.675. The maximum atomic E-state index is 13.6. The molecule has 37 heavy (non-hydrogen) atoms. The van der Waals surface area contributed by atoms with Crippen molar-refractivity contribution in [1.29, 1.82) is 0 Å². The molecule has 184 valence electrons. The number of carbonyl (C=O) groups is 1. The van der Waals surface area contributed by atoms with Gasteiger partial charge in [-0.1, -0.05) is 30.3 Å². The fourth-order valence-corrected chi connectivity index (χ4v) is 3.86. The summed E-state index contributed by atoms with van der Waals surface area (Å²) in [6.45, 7) is 0.857. The smallest absolute Gasteiger partial charge is 0.343 e. The molecule has 5 nitrogen and oxygen atoms in total. The minimum Gasteiger partial charge on any atom is -0.492 e. The van der Waals surface area contributed by atoms with E-state index in [1.54, 1.807) is 6.08 Å². The van der Waals surface area contributed by atoms with E-state index in [0.29, 0.717) is 24.5 Å². The number of fused-ring (bicyclic) bond motifs is 1. The number of imidazole rings is 1. The van der Waals surface area contributed by atoms with E-state index in [1.807, 2.05) is 59.2 Å². The van der Waals surface area contributed by atoms with E-state index >= 15 is 0 Å². The largest absolute Gasteiger partial charge is 0.492 e. The second kappa shape index (κ2) is 10.9. The Morgan fingerprint density at radius 2 is 1.41 bits per heavy atom. The highest BCUT2D eigenvalue weighted by atomic mass is 19.1. The molecule has 5 aromatic rings. The lowest BCUT2D eigenvalue weighted by molar-refractivity contribution is 0.0693. The van der Waals surface area contributed by atoms with Crippen molar-refractivity contribution >= 4 is 28.8 Å². The van der Waals surface area contributed by atoms with Gasteiger partial charge in [0.15, 0.2) is 0 Å². The minimum absolute atomic E-state index is 0.176. The van der Waals surface area contributed by atoms with Gasteiger partial charge < -0.3 is 14.0 Å². The number of rotatable bonds is 8. The Hall–Kier alpha value is -4.78. The fraction of sp³-hybridized carbons (Fsp3) is 0.0667. The summed E-state index contributed by atoms with van der Waals surface area (Å²) in [5.41, 5.74) is 2.31. The molecule has 0 radical (unpaired) electrons. The molecule has 0 unspecified atom stereocenters. The Morgan fingerprint density at radius 1 is 0.784 bits per heavy atom. The number of carbonyl (C=O) groups excluding carboxylic acids is 1. The number of benzene rings is 4. The molecule has 0 aliphatic carbocycles. The molecule has 0 aliphatic heterocycles. The Bertz CT molecular complexity index is 1540. The summed E-state index contributed by atoms with van der Waals surface area (Å²) in [6, 6.07) is 27.8. The molecule has 0 saturated carbocycles. The van der Waals surface area contributed by atoms with Crippen LogP contribution in [0.3, 0.4) is 0 Å². The van der Waals surface area contributed by atoms with E-state index in [4.69, 9.17) is 14.5 Å². The third-order valence-corrected chi connectivity index (χ3v) is 5.68. The number of ether oxygens (including phenoxy) is 2. The van der Waals surface area contributed by atoms with Gasteiger partial charge in [-0.2, -0.15) is 0 Å². The van der Waals surface area contributed by atoms with Crippen LogP contribution in [0.5, 0.6) is 5.75 Å². The molecule has 0 saturated heterocycles. The SMILES string of the molecule is O=C(O/C(=C\c1nc2ccccc2n1CCOc1ccccc1)c1ccc(F)cc1)c1ccc(F)cc1. The van der Waals surface area contributed by atoms with Crippen LogP contribution in [0.2, 0.25) is 0 Å². The van der Waals surface area contributed by atoms with Crippen molar-refractivity contribution in [1.82, 2.24) is 9.55 Å². The summed E-state index contributed by atoms with van der Waals surface area (Å²) in [7, 11) is 0. The average Bonchev–Trinajstić information content (AvgIpc) is 3.26. The van der Waals surface area contributed by atoms with Gasteiger partial charge in [0, 0.05) is 11.6 Å². The first kappa shape index (κ1) is 23.9. The van der Waals surface area contributed by atoms with Crippen molar-refractivity contribution in [3.05, 3.63) is 132 Å². The topological polar surface area (TPSA) is 53.3 Å². The zero-order chi connectivity index (χ0) is 25.6. The predicted octanol–water partition coefficient (Wildman–Crippen LogP) is 6.75. The van der Waals surface area contributed by atoms with Crippen molar-refractivity contribution in [3.8, 4) is 5.75 Å². The van der Waals surface area contributed by atoms with Gasteiger partial charge in [-0.25, -0.2) is 18.6 Å². The van der Waals surface area contributed by atoms with Crippen LogP contribution in [-0.4, -0.2) is 22.1 Å². The molecule has 0 spiro atoms. The summed E-state index contributed by atoms with van der Waals surface area (Å²) >= 11 is 0. The lowest BCUT2D eigenvalue weighted by Crippen LogP contribution is -2.10. The van der Waals surface area contributed by atoms with Gasteiger partial charge in [-0.05, 0) is 72.8 Å². The molecule has 0 atom stereocenters. The van der Waals surface area contributed by atoms with Crippen LogP contribution in [0.1, 0.15) is 21.7 Å². The van der Waals surface area contributed by atoms with Gasteiger partial charge in [0.1, 0.15) is 35.6 Å². The first-order chi connectivity index (χ1) is 18.1. The number of halogens is 2. The molecule has 0 amide bonds. The standard InChI is InChI=1S/C30H22F2N2O3/c31-23-14-10-21(11-15-23)28(37-30(35)22-12-16-24(32)17-13-22)20-29-33-26-8-4-5-9-27(26)34(29)18-19-36-25-6-2-1-3-7-25/h1-17,20H,18-19H2/b28-20-.